The van der Waals surface area contributed by atoms with Crippen molar-refractivity contribution in [2.75, 3.05) is 6.54 Å². The van der Waals surface area contributed by atoms with Crippen LogP contribution in [0.5, 0.6) is 0 Å². The van der Waals surface area contributed by atoms with Gasteiger partial charge < -0.3 is 11.9 Å². The van der Waals surface area contributed by atoms with Crippen LogP contribution in [0, 0.1) is 0 Å². The number of hydrogen-bond acceptors (Lipinski definition) is 2. The Morgan fingerprint density at radius 1 is 0.714 bits per heavy atom. The fraction of sp³-hybridized carbons (Fsp3) is 1.00. The molecule has 0 aliphatic heterocycles. The van der Waals surface area contributed by atoms with Gasteiger partial charge in [0.15, 0.2) is 0 Å². The summed E-state index contributed by atoms with van der Waals surface area (Å²) in [5.41, 5.74) is 5.03. The predicted molar refractivity (Wildman–Crippen MR) is 72.3 cm³/mol. The van der Waals surface area contributed by atoms with E-state index in [1.165, 1.54) is 19.3 Å². The first-order chi connectivity index (χ1) is 6.24. The van der Waals surface area contributed by atoms with Crippen LogP contribution in [0.25, 0.3) is 0 Å². The second kappa shape index (κ2) is 75.8. The summed E-state index contributed by atoms with van der Waals surface area (Å²) in [5, 5.41) is 0. The Morgan fingerprint density at radius 2 is 0.857 bits per heavy atom. The van der Waals surface area contributed by atoms with E-state index in [-0.39, 0.29) is 6.15 Å². The van der Waals surface area contributed by atoms with Gasteiger partial charge in [-0.2, -0.15) is 0 Å². The lowest BCUT2D eigenvalue weighted by Gasteiger charge is -1.70. The van der Waals surface area contributed by atoms with E-state index in [9.17, 15) is 0 Å². The van der Waals surface area contributed by atoms with Crippen molar-refractivity contribution < 1.29 is 0 Å². The van der Waals surface area contributed by atoms with E-state index < -0.39 is 0 Å². The zero-order valence-electron chi connectivity index (χ0n) is 11.8. The van der Waals surface area contributed by atoms with Crippen LogP contribution in [-0.4, -0.2) is 6.54 Å². The highest BCUT2D eigenvalue weighted by atomic mass is 14.5. The maximum absolute atomic E-state index is 5.03. The molecule has 0 amide bonds. The summed E-state index contributed by atoms with van der Waals surface area (Å²) in [6.07, 6.45) is 4.99. The zero-order valence-corrected chi connectivity index (χ0v) is 11.8. The molecule has 2 nitrogen and oxygen atoms in total. The molecule has 0 aliphatic rings. The minimum Gasteiger partial charge on any atom is -0.344 e. The molecule has 0 heterocycles. The lowest BCUT2D eigenvalue weighted by molar-refractivity contribution is 0.886. The highest BCUT2D eigenvalue weighted by molar-refractivity contribution is 4.19. The molecule has 0 aromatic rings. The Bertz CT molecular complexity index is 23.5. The Morgan fingerprint density at radius 3 is 0.857 bits per heavy atom. The summed E-state index contributed by atoms with van der Waals surface area (Å²) in [5.74, 6) is 0. The quantitative estimate of drug-likeness (QED) is 0.687. The maximum atomic E-state index is 5.03. The SMILES string of the molecule is CC.CCC.CCCC.CCCN.N. The molecule has 0 fully saturated rings. The summed E-state index contributed by atoms with van der Waals surface area (Å²) in [7, 11) is 0. The number of nitrogens with two attached hydrogens (primary N) is 1. The van der Waals surface area contributed by atoms with Gasteiger partial charge in [-0.25, -0.2) is 0 Å². The van der Waals surface area contributed by atoms with Crippen LogP contribution < -0.4 is 11.9 Å². The topological polar surface area (TPSA) is 61.0 Å². The first kappa shape index (κ1) is 29.2. The third kappa shape index (κ3) is 386. The fourth-order valence-corrected chi connectivity index (χ4v) is 0. The van der Waals surface area contributed by atoms with Gasteiger partial charge in [-0.3, -0.25) is 0 Å². The van der Waals surface area contributed by atoms with E-state index in [0.29, 0.717) is 0 Å². The van der Waals surface area contributed by atoms with Crippen molar-refractivity contribution in [1.82, 2.24) is 6.15 Å². The standard InChI is InChI=1S/C4H10.C3H9N.C3H8.C2H6.H3N/c1-3-4-2;1-2-3-4;1-3-2;1-2;/h3-4H2,1-2H3;2-4H2,1H3;3H2,1-2H3;1-2H3;1H3. The van der Waals surface area contributed by atoms with Gasteiger partial charge >= 0.3 is 0 Å². The average Bonchev–Trinajstić information content (AvgIpc) is 2.22. The summed E-state index contributed by atoms with van der Waals surface area (Å²) in [4.78, 5) is 0. The van der Waals surface area contributed by atoms with Crippen LogP contribution in [0.1, 0.15) is 74.1 Å². The summed E-state index contributed by atoms with van der Waals surface area (Å²) in [6.45, 7) is 15.5. The van der Waals surface area contributed by atoms with Crippen LogP contribution in [0.15, 0.2) is 0 Å². The van der Waals surface area contributed by atoms with Gasteiger partial charge in [0, 0.05) is 0 Å². The summed E-state index contributed by atoms with van der Waals surface area (Å²) in [6, 6.07) is 0. The van der Waals surface area contributed by atoms with Gasteiger partial charge in [-0.15, -0.1) is 0 Å². The minimum atomic E-state index is 0. The normalized spacial score (nSPS) is 6.00. The molecule has 0 saturated heterocycles. The van der Waals surface area contributed by atoms with E-state index in [1.54, 1.807) is 0 Å². The van der Waals surface area contributed by atoms with E-state index in [0.717, 1.165) is 13.0 Å². The molecule has 0 saturated carbocycles. The molecule has 0 radical (unpaired) electrons. The van der Waals surface area contributed by atoms with Gasteiger partial charge in [0.2, 0.25) is 0 Å². The second-order valence-corrected chi connectivity index (χ2v) is 2.50. The summed E-state index contributed by atoms with van der Waals surface area (Å²) < 4.78 is 0. The second-order valence-electron chi connectivity index (χ2n) is 2.50. The first-order valence-corrected chi connectivity index (χ1v) is 5.94. The number of rotatable bonds is 2. The van der Waals surface area contributed by atoms with Crippen molar-refractivity contribution in [2.24, 2.45) is 5.73 Å². The molecule has 0 unspecified atom stereocenters. The Kier molecular flexibility index (Phi) is 158. The molecule has 94 valence electrons. The van der Waals surface area contributed by atoms with E-state index in [1.807, 2.05) is 13.8 Å². The lowest BCUT2D eigenvalue weighted by Crippen LogP contribution is -1.93. The van der Waals surface area contributed by atoms with Crippen LogP contribution in [0.3, 0.4) is 0 Å². The Hall–Kier alpha value is -0.0800. The van der Waals surface area contributed by atoms with Gasteiger partial charge in [0.25, 0.3) is 0 Å². The summed E-state index contributed by atoms with van der Waals surface area (Å²) >= 11 is 0. The largest absolute Gasteiger partial charge is 0.344 e. The molecular formula is C12H36N2. The van der Waals surface area contributed by atoms with Gasteiger partial charge in [0.05, 0.1) is 0 Å². The lowest BCUT2D eigenvalue weighted by atomic mass is 10.4. The van der Waals surface area contributed by atoms with Crippen LogP contribution in [0.2, 0.25) is 0 Å². The van der Waals surface area contributed by atoms with Crippen molar-refractivity contribution in [3.8, 4) is 0 Å². The van der Waals surface area contributed by atoms with Crippen LogP contribution >= 0.6 is 0 Å². The zero-order chi connectivity index (χ0) is 11.5. The van der Waals surface area contributed by atoms with Crippen molar-refractivity contribution in [3.63, 3.8) is 0 Å². The smallest absolute Gasteiger partial charge is 0.00799 e. The monoisotopic (exact) mass is 208 g/mol. The Labute approximate surface area is 93.2 Å². The van der Waals surface area contributed by atoms with Gasteiger partial charge in [-0.05, 0) is 13.0 Å². The molecule has 0 aromatic carbocycles. The van der Waals surface area contributed by atoms with Crippen molar-refractivity contribution >= 4 is 0 Å². The molecule has 0 spiro atoms. The molecule has 14 heavy (non-hydrogen) atoms. The van der Waals surface area contributed by atoms with Crippen molar-refractivity contribution in [1.29, 1.82) is 0 Å². The third-order valence-electron chi connectivity index (χ3n) is 0.789. The maximum Gasteiger partial charge on any atom is -0.00799 e. The van der Waals surface area contributed by atoms with E-state index in [4.69, 9.17) is 5.73 Å². The molecule has 0 atom stereocenters. The van der Waals surface area contributed by atoms with Crippen LogP contribution in [0.4, 0.5) is 0 Å². The molecule has 0 aliphatic carbocycles. The minimum absolute atomic E-state index is 0. The molecular weight excluding hydrogens is 172 g/mol. The van der Waals surface area contributed by atoms with Crippen molar-refractivity contribution in [3.05, 3.63) is 0 Å². The van der Waals surface area contributed by atoms with Crippen molar-refractivity contribution in [2.45, 2.75) is 74.1 Å². The molecule has 0 rings (SSSR count). The average molecular weight is 208 g/mol. The molecule has 2 heteroatoms. The Balaban J connectivity index is -0.0000000260. The fourth-order valence-electron chi connectivity index (χ4n) is 0. The van der Waals surface area contributed by atoms with Crippen LogP contribution in [-0.2, 0) is 0 Å². The number of unbranched alkanes of at least 4 members (excludes halogenated alkanes) is 1. The molecule has 0 bridgehead atoms. The van der Waals surface area contributed by atoms with Gasteiger partial charge in [-0.1, -0.05) is 67.7 Å². The predicted octanol–water partition coefficient (Wildman–Crippen LogP) is 4.77. The first-order valence-electron chi connectivity index (χ1n) is 5.94. The van der Waals surface area contributed by atoms with E-state index in [2.05, 4.69) is 34.6 Å². The van der Waals surface area contributed by atoms with Gasteiger partial charge in [0.1, 0.15) is 0 Å². The highest BCUT2D eigenvalue weighted by Crippen LogP contribution is 1.76. The third-order valence-corrected chi connectivity index (χ3v) is 0.789. The highest BCUT2D eigenvalue weighted by Gasteiger charge is 1.56. The molecule has 0 aromatic heterocycles. The molecule has 5 N–H and O–H groups in total. The number of hydrogen-bond donors (Lipinski definition) is 2. The van der Waals surface area contributed by atoms with E-state index >= 15 is 0 Å².